The number of nitrogens with one attached hydrogen (secondary N) is 1. The normalized spacial score (nSPS) is 12.6. The van der Waals surface area contributed by atoms with Gasteiger partial charge in [-0.05, 0) is 73.1 Å². The average molecular weight is 504 g/mol. The van der Waals surface area contributed by atoms with Crippen LogP contribution in [-0.2, 0) is 17.6 Å². The molecule has 194 valence electrons. The van der Waals surface area contributed by atoms with Gasteiger partial charge < -0.3 is 19.9 Å². The zero-order chi connectivity index (χ0) is 26.2. The molecule has 1 saturated carbocycles. The quantitative estimate of drug-likeness (QED) is 0.363. The van der Waals surface area contributed by atoms with Crippen LogP contribution >= 0.6 is 0 Å². The van der Waals surface area contributed by atoms with E-state index < -0.39 is 5.97 Å². The largest absolute Gasteiger partial charge is 0.497 e. The van der Waals surface area contributed by atoms with Crippen LogP contribution in [0.15, 0.2) is 60.8 Å². The number of nitrogens with zero attached hydrogens (tertiary/aromatic N) is 2. The van der Waals surface area contributed by atoms with E-state index in [4.69, 9.17) is 14.6 Å². The first kappa shape index (κ1) is 26.0. The monoisotopic (exact) mass is 503 g/mol. The van der Waals surface area contributed by atoms with E-state index in [0.29, 0.717) is 49.0 Å². The van der Waals surface area contributed by atoms with Crippen LogP contribution in [0.4, 0.5) is 10.5 Å². The van der Waals surface area contributed by atoms with Crippen LogP contribution in [0.1, 0.15) is 30.4 Å². The number of carbonyl (C=O) groups is 2. The molecule has 0 atom stereocenters. The number of aryl methyl sites for hydroxylation is 1. The lowest BCUT2D eigenvalue weighted by Crippen LogP contribution is -2.38. The SMILES string of the molecule is COc1ccc(CCNC(=O)N(C)c2cccnc2-c2ccc(CCC(=O)O)c(OCC3CC3)c2)cc1. The highest BCUT2D eigenvalue weighted by Gasteiger charge is 2.23. The number of hydrogen-bond acceptors (Lipinski definition) is 5. The van der Waals surface area contributed by atoms with Gasteiger partial charge in [0, 0.05) is 31.8 Å². The fraction of sp³-hybridized carbons (Fsp3) is 0.345. The van der Waals surface area contributed by atoms with Crippen LogP contribution in [0.3, 0.4) is 0 Å². The van der Waals surface area contributed by atoms with Gasteiger partial charge in [-0.25, -0.2) is 4.79 Å². The third-order valence-corrected chi connectivity index (χ3v) is 6.42. The Morgan fingerprint density at radius 2 is 1.89 bits per heavy atom. The number of methoxy groups -OCH3 is 1. The summed E-state index contributed by atoms with van der Waals surface area (Å²) >= 11 is 0. The first-order valence-corrected chi connectivity index (χ1v) is 12.5. The van der Waals surface area contributed by atoms with Crippen molar-refractivity contribution in [1.82, 2.24) is 10.3 Å². The number of hydrogen-bond donors (Lipinski definition) is 2. The lowest BCUT2D eigenvalue weighted by Gasteiger charge is -2.21. The van der Waals surface area contributed by atoms with Crippen LogP contribution in [-0.4, -0.2) is 49.4 Å². The molecular formula is C29H33N3O5. The lowest BCUT2D eigenvalue weighted by atomic mass is 10.0. The molecule has 0 saturated heterocycles. The van der Waals surface area contributed by atoms with E-state index in [9.17, 15) is 9.59 Å². The van der Waals surface area contributed by atoms with Crippen molar-refractivity contribution in [2.24, 2.45) is 5.92 Å². The second-order valence-corrected chi connectivity index (χ2v) is 9.23. The van der Waals surface area contributed by atoms with Crippen LogP contribution in [0.2, 0.25) is 0 Å². The van der Waals surface area contributed by atoms with Gasteiger partial charge in [-0.1, -0.05) is 24.3 Å². The van der Waals surface area contributed by atoms with Gasteiger partial charge in [-0.2, -0.15) is 0 Å². The summed E-state index contributed by atoms with van der Waals surface area (Å²) in [7, 11) is 3.35. The molecule has 1 heterocycles. The molecule has 0 bridgehead atoms. The molecule has 2 aromatic carbocycles. The summed E-state index contributed by atoms with van der Waals surface area (Å²) in [6.45, 7) is 1.11. The van der Waals surface area contributed by atoms with E-state index in [-0.39, 0.29) is 12.5 Å². The average Bonchev–Trinajstić information content (AvgIpc) is 3.75. The number of amides is 2. The molecule has 1 fully saturated rings. The molecule has 0 aliphatic heterocycles. The van der Waals surface area contributed by atoms with Gasteiger partial charge >= 0.3 is 12.0 Å². The molecule has 0 radical (unpaired) electrons. The Balaban J connectivity index is 1.47. The molecule has 1 aliphatic carbocycles. The number of aliphatic carboxylic acids is 1. The minimum Gasteiger partial charge on any atom is -0.497 e. The summed E-state index contributed by atoms with van der Waals surface area (Å²) in [5.74, 6) is 1.19. The lowest BCUT2D eigenvalue weighted by molar-refractivity contribution is -0.136. The zero-order valence-electron chi connectivity index (χ0n) is 21.3. The number of carboxylic acid groups (broad SMARTS) is 1. The maximum absolute atomic E-state index is 13.0. The number of anilines is 1. The number of pyridine rings is 1. The minimum atomic E-state index is -0.844. The van der Waals surface area contributed by atoms with Gasteiger partial charge in [0.1, 0.15) is 11.5 Å². The molecule has 0 spiro atoms. The summed E-state index contributed by atoms with van der Waals surface area (Å²) in [6, 6.07) is 16.9. The molecule has 37 heavy (non-hydrogen) atoms. The second kappa shape index (κ2) is 12.3. The molecule has 1 aromatic heterocycles. The second-order valence-electron chi connectivity index (χ2n) is 9.23. The fourth-order valence-electron chi connectivity index (χ4n) is 4.00. The van der Waals surface area contributed by atoms with Gasteiger partial charge in [-0.15, -0.1) is 0 Å². The zero-order valence-corrected chi connectivity index (χ0v) is 21.3. The minimum absolute atomic E-state index is 0.0351. The molecule has 4 rings (SSSR count). The number of carboxylic acids is 1. The number of aromatic nitrogens is 1. The van der Waals surface area contributed by atoms with Crippen molar-refractivity contribution < 1.29 is 24.2 Å². The van der Waals surface area contributed by atoms with Crippen LogP contribution in [0.5, 0.6) is 11.5 Å². The highest BCUT2D eigenvalue weighted by molar-refractivity contribution is 5.95. The fourth-order valence-corrected chi connectivity index (χ4v) is 4.00. The number of ether oxygens (including phenoxy) is 2. The first-order chi connectivity index (χ1) is 17.9. The number of rotatable bonds is 12. The van der Waals surface area contributed by atoms with Crippen molar-refractivity contribution in [2.45, 2.75) is 32.1 Å². The summed E-state index contributed by atoms with van der Waals surface area (Å²) in [5, 5.41) is 12.1. The Morgan fingerprint density at radius 3 is 2.59 bits per heavy atom. The van der Waals surface area contributed by atoms with Crippen LogP contribution in [0, 0.1) is 5.92 Å². The van der Waals surface area contributed by atoms with Crippen molar-refractivity contribution in [3.05, 3.63) is 71.9 Å². The molecule has 2 amide bonds. The molecule has 3 aromatic rings. The summed E-state index contributed by atoms with van der Waals surface area (Å²) in [6.07, 6.45) is 5.13. The van der Waals surface area contributed by atoms with Gasteiger partial charge in [0.2, 0.25) is 0 Å². The smallest absolute Gasteiger partial charge is 0.321 e. The number of carbonyl (C=O) groups excluding carboxylic acids is 1. The van der Waals surface area contributed by atoms with Crippen LogP contribution in [0.25, 0.3) is 11.3 Å². The highest BCUT2D eigenvalue weighted by Crippen LogP contribution is 2.35. The number of benzene rings is 2. The molecule has 1 aliphatic rings. The Morgan fingerprint density at radius 1 is 1.11 bits per heavy atom. The molecule has 2 N–H and O–H groups in total. The first-order valence-electron chi connectivity index (χ1n) is 12.5. The number of urea groups is 1. The van der Waals surface area contributed by atoms with E-state index in [1.165, 1.54) is 0 Å². The Kier molecular flexibility index (Phi) is 8.61. The molecule has 8 nitrogen and oxygen atoms in total. The molecule has 8 heteroatoms. The maximum atomic E-state index is 13.0. The van der Waals surface area contributed by atoms with Crippen LogP contribution < -0.4 is 19.7 Å². The van der Waals surface area contributed by atoms with E-state index >= 15 is 0 Å². The molecule has 0 unspecified atom stereocenters. The van der Waals surface area contributed by atoms with Gasteiger partial charge in [0.15, 0.2) is 0 Å². The third kappa shape index (κ3) is 7.22. The van der Waals surface area contributed by atoms with Crippen molar-refractivity contribution >= 4 is 17.7 Å². The van der Waals surface area contributed by atoms with E-state index in [1.54, 1.807) is 31.3 Å². The predicted octanol–water partition coefficient (Wildman–Crippen LogP) is 4.95. The third-order valence-electron chi connectivity index (χ3n) is 6.42. The van der Waals surface area contributed by atoms with Gasteiger partial charge in [0.25, 0.3) is 0 Å². The van der Waals surface area contributed by atoms with Crippen molar-refractivity contribution in [3.63, 3.8) is 0 Å². The predicted molar refractivity (Wildman–Crippen MR) is 142 cm³/mol. The molecular weight excluding hydrogens is 470 g/mol. The maximum Gasteiger partial charge on any atom is 0.321 e. The standard InChI is InChI=1S/C29H33N3O5/c1-32(29(35)31-17-15-20-7-12-24(36-2)13-8-20)25-4-3-16-30-28(25)23-10-9-22(11-14-27(33)34)26(18-23)37-19-21-5-6-21/h3-4,7-10,12-13,16,18,21H,5-6,11,14-15,17,19H2,1-2H3,(H,31,35)(H,33,34). The Bertz CT molecular complexity index is 1220. The summed E-state index contributed by atoms with van der Waals surface area (Å²) in [5.41, 5.74) is 4.08. The van der Waals surface area contributed by atoms with E-state index in [1.807, 2.05) is 48.5 Å². The van der Waals surface area contributed by atoms with E-state index in [2.05, 4.69) is 10.3 Å². The van der Waals surface area contributed by atoms with Crippen molar-refractivity contribution in [3.8, 4) is 22.8 Å². The van der Waals surface area contributed by atoms with E-state index in [0.717, 1.165) is 35.3 Å². The van der Waals surface area contributed by atoms with Gasteiger partial charge in [0.05, 0.1) is 25.1 Å². The Labute approximate surface area is 217 Å². The van der Waals surface area contributed by atoms with Crippen molar-refractivity contribution in [2.75, 3.05) is 32.2 Å². The van der Waals surface area contributed by atoms with Crippen molar-refractivity contribution in [1.29, 1.82) is 0 Å². The highest BCUT2D eigenvalue weighted by atomic mass is 16.5. The Hall–Kier alpha value is -4.07. The van der Waals surface area contributed by atoms with Gasteiger partial charge in [-0.3, -0.25) is 14.7 Å². The summed E-state index contributed by atoms with van der Waals surface area (Å²) < 4.78 is 11.3. The topological polar surface area (TPSA) is 101 Å². The summed E-state index contributed by atoms with van der Waals surface area (Å²) in [4.78, 5) is 30.2.